The van der Waals surface area contributed by atoms with Gasteiger partial charge in [-0.3, -0.25) is 4.79 Å². The topological polar surface area (TPSA) is 59.2 Å². The molecule has 0 aromatic heterocycles. The van der Waals surface area contributed by atoms with Crippen LogP contribution in [0.3, 0.4) is 0 Å². The van der Waals surface area contributed by atoms with Gasteiger partial charge in [-0.05, 0) is 12.8 Å². The van der Waals surface area contributed by atoms with Gasteiger partial charge in [-0.1, -0.05) is 0 Å². The summed E-state index contributed by atoms with van der Waals surface area (Å²) in [5.41, 5.74) is 0.300. The molecule has 0 radical (unpaired) electrons. The molecule has 4 nitrogen and oxygen atoms in total. The predicted octanol–water partition coefficient (Wildman–Crippen LogP) is 0.155. The van der Waals surface area contributed by atoms with Gasteiger partial charge in [0.15, 0.2) is 0 Å². The summed E-state index contributed by atoms with van der Waals surface area (Å²) >= 11 is 0. The van der Waals surface area contributed by atoms with E-state index in [1.807, 2.05) is 0 Å². The second kappa shape index (κ2) is 2.01. The van der Waals surface area contributed by atoms with Crippen LogP contribution < -0.4 is 0 Å². The minimum atomic E-state index is -1.29. The molecule has 58 valence electrons. The van der Waals surface area contributed by atoms with Gasteiger partial charge < -0.3 is 0 Å². The standard InChI is InChI=1S/C7H6O4/c8-4-5-2-1-3-6(9)7(5)10-11-7/h1-3H2. The molecule has 0 bridgehead atoms. The van der Waals surface area contributed by atoms with Gasteiger partial charge in [-0.2, -0.15) is 9.78 Å². The largest absolute Gasteiger partial charge is 0.322 e. The van der Waals surface area contributed by atoms with Gasteiger partial charge in [-0.15, -0.1) is 0 Å². The Morgan fingerprint density at radius 2 is 2.09 bits per heavy atom. The molecule has 0 atom stereocenters. The minimum absolute atomic E-state index is 0.165. The zero-order valence-corrected chi connectivity index (χ0v) is 5.75. The fraction of sp³-hybridized carbons (Fsp3) is 0.571. The second-order valence-electron chi connectivity index (χ2n) is 2.64. The molecule has 0 unspecified atom stereocenters. The highest BCUT2D eigenvalue weighted by Gasteiger charge is 2.61. The van der Waals surface area contributed by atoms with Gasteiger partial charge in [-0.25, -0.2) is 4.79 Å². The Balaban J connectivity index is 2.36. The number of Topliss-reactive ketones (excluding diaryl/α,β-unsaturated/α-hetero) is 1. The maximum Gasteiger partial charge on any atom is 0.322 e. The molecule has 0 N–H and O–H groups in total. The summed E-state index contributed by atoms with van der Waals surface area (Å²) < 4.78 is 0. The van der Waals surface area contributed by atoms with Crippen molar-refractivity contribution in [2.45, 2.75) is 25.0 Å². The van der Waals surface area contributed by atoms with Crippen molar-refractivity contribution in [1.82, 2.24) is 0 Å². The van der Waals surface area contributed by atoms with E-state index in [0.717, 1.165) is 0 Å². The van der Waals surface area contributed by atoms with Crippen molar-refractivity contribution in [3.8, 4) is 0 Å². The van der Waals surface area contributed by atoms with Crippen LogP contribution in [-0.4, -0.2) is 17.5 Å². The maximum atomic E-state index is 11.1. The number of carbonyl (C=O) groups excluding carboxylic acids is 2. The van der Waals surface area contributed by atoms with Crippen molar-refractivity contribution in [3.05, 3.63) is 5.57 Å². The van der Waals surface area contributed by atoms with Gasteiger partial charge in [0.25, 0.3) is 0 Å². The lowest BCUT2D eigenvalue weighted by Gasteiger charge is -2.12. The Morgan fingerprint density at radius 3 is 2.55 bits per heavy atom. The highest BCUT2D eigenvalue weighted by atomic mass is 17.4. The van der Waals surface area contributed by atoms with E-state index in [1.165, 1.54) is 0 Å². The Kier molecular flexibility index (Phi) is 1.23. The van der Waals surface area contributed by atoms with Crippen LogP contribution in [0.4, 0.5) is 0 Å². The van der Waals surface area contributed by atoms with Gasteiger partial charge >= 0.3 is 5.79 Å². The Morgan fingerprint density at radius 1 is 1.36 bits per heavy atom. The molecule has 1 saturated heterocycles. The smallest absolute Gasteiger partial charge is 0.293 e. The molecular formula is C7H6O4. The molecule has 0 aromatic rings. The first kappa shape index (κ1) is 6.73. The zero-order valence-electron chi connectivity index (χ0n) is 5.75. The van der Waals surface area contributed by atoms with E-state index in [0.29, 0.717) is 24.8 Å². The van der Waals surface area contributed by atoms with Gasteiger partial charge in [0.2, 0.25) is 5.78 Å². The molecule has 0 aromatic carbocycles. The molecule has 0 amide bonds. The number of hydrogen-bond acceptors (Lipinski definition) is 4. The fourth-order valence-corrected chi connectivity index (χ4v) is 1.28. The quantitative estimate of drug-likeness (QED) is 0.283. The van der Waals surface area contributed by atoms with Crippen molar-refractivity contribution in [2.75, 3.05) is 0 Å². The summed E-state index contributed by atoms with van der Waals surface area (Å²) in [5, 5.41) is 0. The molecule has 1 spiro atoms. The first-order chi connectivity index (χ1) is 5.29. The minimum Gasteiger partial charge on any atom is -0.293 e. The Hall–Kier alpha value is -0.960. The second-order valence-corrected chi connectivity index (χ2v) is 2.64. The van der Waals surface area contributed by atoms with E-state index in [2.05, 4.69) is 9.78 Å². The van der Waals surface area contributed by atoms with E-state index in [-0.39, 0.29) is 5.78 Å². The third kappa shape index (κ3) is 0.775. The molecular weight excluding hydrogens is 148 g/mol. The molecule has 2 fully saturated rings. The summed E-state index contributed by atoms with van der Waals surface area (Å²) in [7, 11) is 0. The lowest BCUT2D eigenvalue weighted by molar-refractivity contribution is -0.124. The normalized spacial score (nSPS) is 26.9. The molecule has 1 aliphatic carbocycles. The average molecular weight is 154 g/mol. The Labute approximate surface area is 62.7 Å². The molecule has 1 heterocycles. The molecule has 2 rings (SSSR count). The van der Waals surface area contributed by atoms with Crippen LogP contribution in [0.2, 0.25) is 0 Å². The molecule has 1 saturated carbocycles. The van der Waals surface area contributed by atoms with Crippen LogP contribution in [0.25, 0.3) is 0 Å². The lowest BCUT2D eigenvalue weighted by Crippen LogP contribution is -2.30. The SMILES string of the molecule is O=C=C1CCCC(=O)C12OO2. The van der Waals surface area contributed by atoms with E-state index < -0.39 is 5.79 Å². The summed E-state index contributed by atoms with van der Waals surface area (Å²) in [4.78, 5) is 30.4. The van der Waals surface area contributed by atoms with E-state index >= 15 is 0 Å². The zero-order chi connectivity index (χ0) is 7.90. The maximum absolute atomic E-state index is 11.1. The summed E-state index contributed by atoms with van der Waals surface area (Å²) in [6.07, 6.45) is 1.66. The number of carbonyl (C=O) groups is 1. The summed E-state index contributed by atoms with van der Waals surface area (Å²) in [5.74, 6) is 0.227. The third-order valence-corrected chi connectivity index (χ3v) is 1.97. The summed E-state index contributed by atoms with van der Waals surface area (Å²) in [6, 6.07) is 0. The molecule has 2 aliphatic rings. The number of rotatable bonds is 0. The van der Waals surface area contributed by atoms with E-state index in [9.17, 15) is 9.59 Å². The predicted molar refractivity (Wildman–Crippen MR) is 33.0 cm³/mol. The van der Waals surface area contributed by atoms with Crippen molar-refractivity contribution in [2.24, 2.45) is 0 Å². The van der Waals surface area contributed by atoms with Crippen LogP contribution in [0.15, 0.2) is 5.57 Å². The van der Waals surface area contributed by atoms with Crippen LogP contribution in [0.5, 0.6) is 0 Å². The van der Waals surface area contributed by atoms with Crippen molar-refractivity contribution < 1.29 is 19.4 Å². The highest BCUT2D eigenvalue weighted by molar-refractivity contribution is 5.93. The average Bonchev–Trinajstić information content (AvgIpc) is 2.77. The van der Waals surface area contributed by atoms with Gasteiger partial charge in [0, 0.05) is 6.42 Å². The van der Waals surface area contributed by atoms with Gasteiger partial charge in [0.05, 0.1) is 5.57 Å². The van der Waals surface area contributed by atoms with E-state index in [4.69, 9.17) is 0 Å². The first-order valence-corrected chi connectivity index (χ1v) is 3.44. The van der Waals surface area contributed by atoms with Crippen molar-refractivity contribution >= 4 is 11.7 Å². The van der Waals surface area contributed by atoms with Crippen molar-refractivity contribution in [3.63, 3.8) is 0 Å². The van der Waals surface area contributed by atoms with Gasteiger partial charge in [0.1, 0.15) is 5.94 Å². The van der Waals surface area contributed by atoms with E-state index in [1.54, 1.807) is 5.94 Å². The number of ketones is 1. The van der Waals surface area contributed by atoms with Crippen LogP contribution in [-0.2, 0) is 19.4 Å². The fourth-order valence-electron chi connectivity index (χ4n) is 1.28. The number of hydrogen-bond donors (Lipinski definition) is 0. The van der Waals surface area contributed by atoms with Crippen LogP contribution >= 0.6 is 0 Å². The van der Waals surface area contributed by atoms with Crippen LogP contribution in [0, 0.1) is 0 Å². The summed E-state index contributed by atoms with van der Waals surface area (Å²) in [6.45, 7) is 0. The Bertz CT molecular complexity index is 258. The lowest BCUT2D eigenvalue weighted by atomic mass is 9.90. The molecule has 1 aliphatic heterocycles. The van der Waals surface area contributed by atoms with Crippen LogP contribution in [0.1, 0.15) is 19.3 Å². The monoisotopic (exact) mass is 154 g/mol. The van der Waals surface area contributed by atoms with Crippen molar-refractivity contribution in [1.29, 1.82) is 0 Å². The first-order valence-electron chi connectivity index (χ1n) is 3.44. The molecule has 11 heavy (non-hydrogen) atoms. The molecule has 4 heteroatoms. The highest BCUT2D eigenvalue weighted by Crippen LogP contribution is 2.43. The third-order valence-electron chi connectivity index (χ3n) is 1.97.